The van der Waals surface area contributed by atoms with Crippen molar-refractivity contribution in [3.05, 3.63) is 59.7 Å². The van der Waals surface area contributed by atoms with E-state index in [1.54, 1.807) is 12.1 Å². The summed E-state index contributed by atoms with van der Waals surface area (Å²) in [5.74, 6) is -0.138. The number of aryl methyl sites for hydroxylation is 1. The second-order valence-corrected chi connectivity index (χ2v) is 4.49. The molecule has 0 bridgehead atoms. The Morgan fingerprint density at radius 2 is 1.79 bits per heavy atom. The maximum absolute atomic E-state index is 12.1. The Labute approximate surface area is 113 Å². The lowest BCUT2D eigenvalue weighted by Crippen LogP contribution is -2.13. The Bertz CT molecular complexity index is 561. The van der Waals surface area contributed by atoms with Crippen LogP contribution in [0.1, 0.15) is 29.3 Å². The highest BCUT2D eigenvalue weighted by Gasteiger charge is 2.07. The first-order chi connectivity index (χ1) is 9.20. The van der Waals surface area contributed by atoms with E-state index in [4.69, 9.17) is 5.73 Å². The number of hydrogen-bond donors (Lipinski definition) is 2. The highest BCUT2D eigenvalue weighted by atomic mass is 16.1. The predicted octanol–water partition coefficient (Wildman–Crippen LogP) is 3.47. The summed E-state index contributed by atoms with van der Waals surface area (Å²) in [6.07, 6.45) is 2.14. The SMILES string of the molecule is CCCc1ccc(C(=O)Nc2ccccc2N)cc1. The molecule has 0 fully saturated rings. The van der Waals surface area contributed by atoms with Gasteiger partial charge in [0.25, 0.3) is 5.91 Å². The van der Waals surface area contributed by atoms with E-state index in [1.807, 2.05) is 36.4 Å². The number of para-hydroxylation sites is 2. The molecule has 0 aliphatic heterocycles. The van der Waals surface area contributed by atoms with Crippen LogP contribution < -0.4 is 11.1 Å². The highest BCUT2D eigenvalue weighted by molar-refractivity contribution is 6.05. The van der Waals surface area contributed by atoms with Crippen LogP contribution in [-0.2, 0) is 6.42 Å². The zero-order valence-electron chi connectivity index (χ0n) is 11.0. The summed E-state index contributed by atoms with van der Waals surface area (Å²) in [6.45, 7) is 2.14. The Kier molecular flexibility index (Phi) is 4.18. The molecule has 0 radical (unpaired) electrons. The average Bonchev–Trinajstić information content (AvgIpc) is 2.42. The van der Waals surface area contributed by atoms with E-state index < -0.39 is 0 Å². The van der Waals surface area contributed by atoms with Crippen LogP contribution in [0.25, 0.3) is 0 Å². The number of nitrogen functional groups attached to an aromatic ring is 1. The van der Waals surface area contributed by atoms with E-state index >= 15 is 0 Å². The smallest absolute Gasteiger partial charge is 0.255 e. The van der Waals surface area contributed by atoms with Crippen LogP contribution in [0, 0.1) is 0 Å². The first-order valence-corrected chi connectivity index (χ1v) is 6.45. The molecule has 0 aliphatic rings. The monoisotopic (exact) mass is 254 g/mol. The number of nitrogens with one attached hydrogen (secondary N) is 1. The Morgan fingerprint density at radius 3 is 2.42 bits per heavy atom. The number of rotatable bonds is 4. The van der Waals surface area contributed by atoms with Crippen molar-refractivity contribution in [1.29, 1.82) is 0 Å². The summed E-state index contributed by atoms with van der Waals surface area (Å²) in [5.41, 5.74) is 8.90. The molecule has 0 aliphatic carbocycles. The predicted molar refractivity (Wildman–Crippen MR) is 79.2 cm³/mol. The minimum atomic E-state index is -0.138. The minimum Gasteiger partial charge on any atom is -0.397 e. The van der Waals surface area contributed by atoms with E-state index in [2.05, 4.69) is 12.2 Å². The third kappa shape index (κ3) is 3.35. The van der Waals surface area contributed by atoms with Gasteiger partial charge in [0.15, 0.2) is 0 Å². The summed E-state index contributed by atoms with van der Waals surface area (Å²) >= 11 is 0. The van der Waals surface area contributed by atoms with Gasteiger partial charge in [-0.15, -0.1) is 0 Å². The van der Waals surface area contributed by atoms with Gasteiger partial charge in [-0.05, 0) is 36.2 Å². The maximum Gasteiger partial charge on any atom is 0.255 e. The Balaban J connectivity index is 2.10. The molecule has 2 aromatic rings. The van der Waals surface area contributed by atoms with Gasteiger partial charge in [0.1, 0.15) is 0 Å². The third-order valence-corrected chi connectivity index (χ3v) is 2.96. The molecule has 0 aromatic heterocycles. The second-order valence-electron chi connectivity index (χ2n) is 4.49. The Morgan fingerprint density at radius 1 is 1.11 bits per heavy atom. The van der Waals surface area contributed by atoms with Gasteiger partial charge in [-0.1, -0.05) is 37.6 Å². The summed E-state index contributed by atoms with van der Waals surface area (Å²) in [5, 5.41) is 2.81. The molecule has 0 atom stereocenters. The average molecular weight is 254 g/mol. The van der Waals surface area contributed by atoms with Crippen LogP contribution in [0.15, 0.2) is 48.5 Å². The molecule has 3 nitrogen and oxygen atoms in total. The van der Waals surface area contributed by atoms with Gasteiger partial charge in [-0.3, -0.25) is 4.79 Å². The second kappa shape index (κ2) is 6.05. The summed E-state index contributed by atoms with van der Waals surface area (Å²) in [6, 6.07) is 14.9. The zero-order chi connectivity index (χ0) is 13.7. The van der Waals surface area contributed by atoms with Gasteiger partial charge in [-0.2, -0.15) is 0 Å². The van der Waals surface area contributed by atoms with Crippen LogP contribution in [-0.4, -0.2) is 5.91 Å². The molecule has 0 spiro atoms. The Hall–Kier alpha value is -2.29. The lowest BCUT2D eigenvalue weighted by atomic mass is 10.1. The van der Waals surface area contributed by atoms with Crippen molar-refractivity contribution in [3.8, 4) is 0 Å². The normalized spacial score (nSPS) is 10.2. The van der Waals surface area contributed by atoms with Crippen LogP contribution in [0.2, 0.25) is 0 Å². The number of anilines is 2. The molecule has 2 rings (SSSR count). The van der Waals surface area contributed by atoms with Crippen molar-refractivity contribution in [2.24, 2.45) is 0 Å². The van der Waals surface area contributed by atoms with Gasteiger partial charge in [0, 0.05) is 5.56 Å². The molecule has 2 aromatic carbocycles. The third-order valence-electron chi connectivity index (χ3n) is 2.96. The molecule has 19 heavy (non-hydrogen) atoms. The number of carbonyl (C=O) groups is 1. The molecule has 0 unspecified atom stereocenters. The molecule has 0 saturated carbocycles. The topological polar surface area (TPSA) is 55.1 Å². The first kappa shape index (κ1) is 13.1. The van der Waals surface area contributed by atoms with Crippen molar-refractivity contribution >= 4 is 17.3 Å². The van der Waals surface area contributed by atoms with Crippen molar-refractivity contribution in [1.82, 2.24) is 0 Å². The van der Waals surface area contributed by atoms with Gasteiger partial charge in [0.2, 0.25) is 0 Å². The van der Waals surface area contributed by atoms with E-state index in [0.717, 1.165) is 12.8 Å². The first-order valence-electron chi connectivity index (χ1n) is 6.45. The van der Waals surface area contributed by atoms with Gasteiger partial charge in [-0.25, -0.2) is 0 Å². The minimum absolute atomic E-state index is 0.138. The zero-order valence-corrected chi connectivity index (χ0v) is 11.0. The molecular formula is C16H18N2O. The molecular weight excluding hydrogens is 236 g/mol. The van der Waals surface area contributed by atoms with Crippen LogP contribution in [0.4, 0.5) is 11.4 Å². The largest absolute Gasteiger partial charge is 0.397 e. The van der Waals surface area contributed by atoms with Crippen molar-refractivity contribution < 1.29 is 4.79 Å². The van der Waals surface area contributed by atoms with Crippen molar-refractivity contribution in [2.45, 2.75) is 19.8 Å². The highest BCUT2D eigenvalue weighted by Crippen LogP contribution is 2.18. The fourth-order valence-corrected chi connectivity index (χ4v) is 1.92. The molecule has 0 heterocycles. The fraction of sp³-hybridized carbons (Fsp3) is 0.188. The van der Waals surface area contributed by atoms with Gasteiger partial charge >= 0.3 is 0 Å². The maximum atomic E-state index is 12.1. The molecule has 1 amide bonds. The van der Waals surface area contributed by atoms with E-state index in [-0.39, 0.29) is 5.91 Å². The van der Waals surface area contributed by atoms with Crippen LogP contribution in [0.3, 0.4) is 0 Å². The molecule has 3 heteroatoms. The van der Waals surface area contributed by atoms with Crippen LogP contribution >= 0.6 is 0 Å². The number of carbonyl (C=O) groups excluding carboxylic acids is 1. The summed E-state index contributed by atoms with van der Waals surface area (Å²) in [7, 11) is 0. The van der Waals surface area contributed by atoms with E-state index in [1.165, 1.54) is 5.56 Å². The van der Waals surface area contributed by atoms with Crippen molar-refractivity contribution in [3.63, 3.8) is 0 Å². The van der Waals surface area contributed by atoms with Gasteiger partial charge in [0.05, 0.1) is 11.4 Å². The fourth-order valence-electron chi connectivity index (χ4n) is 1.92. The summed E-state index contributed by atoms with van der Waals surface area (Å²) in [4.78, 5) is 12.1. The molecule has 0 saturated heterocycles. The van der Waals surface area contributed by atoms with E-state index in [9.17, 15) is 4.79 Å². The van der Waals surface area contributed by atoms with Crippen LogP contribution in [0.5, 0.6) is 0 Å². The quantitative estimate of drug-likeness (QED) is 0.821. The molecule has 3 N–H and O–H groups in total. The number of benzene rings is 2. The lowest BCUT2D eigenvalue weighted by molar-refractivity contribution is 0.102. The number of nitrogens with two attached hydrogens (primary N) is 1. The summed E-state index contributed by atoms with van der Waals surface area (Å²) < 4.78 is 0. The number of amides is 1. The van der Waals surface area contributed by atoms with E-state index in [0.29, 0.717) is 16.9 Å². The van der Waals surface area contributed by atoms with Crippen molar-refractivity contribution in [2.75, 3.05) is 11.1 Å². The van der Waals surface area contributed by atoms with Gasteiger partial charge < -0.3 is 11.1 Å². The lowest BCUT2D eigenvalue weighted by Gasteiger charge is -2.08. The standard InChI is InChI=1S/C16H18N2O/c1-2-5-12-8-10-13(11-9-12)16(19)18-15-7-4-3-6-14(15)17/h3-4,6-11H,2,5,17H2,1H3,(H,18,19). The number of hydrogen-bond acceptors (Lipinski definition) is 2. The molecule has 98 valence electrons.